The number of ether oxygens (including phenoxy) is 1. The number of benzene rings is 1. The highest BCUT2D eigenvalue weighted by Gasteiger charge is 2.42. The van der Waals surface area contributed by atoms with Gasteiger partial charge in [-0.15, -0.1) is 5.10 Å². The first-order valence-corrected chi connectivity index (χ1v) is 10.1. The van der Waals surface area contributed by atoms with E-state index in [1.165, 1.54) is 32.5 Å². The van der Waals surface area contributed by atoms with Gasteiger partial charge in [-0.1, -0.05) is 6.92 Å². The van der Waals surface area contributed by atoms with Crippen LogP contribution < -0.4 is 10.5 Å². The zero-order valence-corrected chi connectivity index (χ0v) is 19.0. The monoisotopic (exact) mass is 585 g/mol. The summed E-state index contributed by atoms with van der Waals surface area (Å²) in [7, 11) is 1.28. The first-order valence-electron chi connectivity index (χ1n) is 8.99. The quantitative estimate of drug-likeness (QED) is 0.350. The van der Waals surface area contributed by atoms with Crippen LogP contribution in [0, 0.1) is 3.57 Å². The number of alkyl halides is 6. The molecule has 0 fully saturated rings. The fourth-order valence-electron chi connectivity index (χ4n) is 3.31. The van der Waals surface area contributed by atoms with Crippen LogP contribution in [0.25, 0.3) is 5.95 Å². The molecule has 1 unspecified atom stereocenters. The molecule has 14 heteroatoms. The van der Waals surface area contributed by atoms with Crippen LogP contribution in [-0.4, -0.2) is 32.8 Å². The molecular weight excluding hydrogens is 571 g/mol. The number of nitrogens with two attached hydrogens (primary N) is 1. The average Bonchev–Trinajstić information content (AvgIpc) is 3.07. The van der Waals surface area contributed by atoms with Gasteiger partial charge in [-0.25, -0.2) is 9.97 Å². The standard InChI is InChI=1S/C19H14F6IN5O2/c1-8(14-13(26)16(33-2)30-31(14)17-28-4-3-5-29-17)12-10(15(27)32)6-9(18(20,21)22)7-11(12)19(23,24)25/h3-8H,1-2H3,(H2,27,32). The summed E-state index contributed by atoms with van der Waals surface area (Å²) in [5, 5.41) is 4.15. The van der Waals surface area contributed by atoms with Gasteiger partial charge in [0.25, 0.3) is 5.95 Å². The Balaban J connectivity index is 2.39. The van der Waals surface area contributed by atoms with Crippen LogP contribution in [-0.2, 0) is 12.4 Å². The van der Waals surface area contributed by atoms with Crippen LogP contribution in [0.15, 0.2) is 30.6 Å². The molecule has 0 aliphatic carbocycles. The molecule has 7 nitrogen and oxygen atoms in total. The summed E-state index contributed by atoms with van der Waals surface area (Å²) in [5.41, 5.74) is 0.347. The summed E-state index contributed by atoms with van der Waals surface area (Å²) in [6.07, 6.45) is -7.63. The van der Waals surface area contributed by atoms with Gasteiger partial charge in [-0.05, 0) is 46.4 Å². The third-order valence-electron chi connectivity index (χ3n) is 4.69. The Bertz CT molecular complexity index is 1190. The molecule has 176 valence electrons. The van der Waals surface area contributed by atoms with E-state index in [2.05, 4.69) is 15.1 Å². The Labute approximate surface area is 196 Å². The van der Waals surface area contributed by atoms with Gasteiger partial charge in [0.05, 0.1) is 27.5 Å². The van der Waals surface area contributed by atoms with E-state index in [1.807, 2.05) is 0 Å². The maximum absolute atomic E-state index is 13.9. The summed E-state index contributed by atoms with van der Waals surface area (Å²) in [5.74, 6) is -2.77. The molecule has 3 rings (SSSR count). The predicted molar refractivity (Wildman–Crippen MR) is 111 cm³/mol. The van der Waals surface area contributed by atoms with Crippen molar-refractivity contribution in [2.75, 3.05) is 7.11 Å². The van der Waals surface area contributed by atoms with E-state index in [0.29, 0.717) is 6.07 Å². The number of halogens is 7. The highest BCUT2D eigenvalue weighted by Crippen LogP contribution is 2.44. The summed E-state index contributed by atoms with van der Waals surface area (Å²) < 4.78 is 88.2. The molecule has 0 aliphatic heterocycles. The van der Waals surface area contributed by atoms with Crippen LogP contribution in [0.4, 0.5) is 26.3 Å². The molecule has 2 heterocycles. The van der Waals surface area contributed by atoms with Gasteiger partial charge in [-0.3, -0.25) is 4.79 Å². The van der Waals surface area contributed by atoms with E-state index < -0.39 is 46.4 Å². The number of amides is 1. The topological polar surface area (TPSA) is 95.9 Å². The fraction of sp³-hybridized carbons (Fsp3) is 0.263. The number of methoxy groups -OCH3 is 1. The zero-order chi connectivity index (χ0) is 24.7. The van der Waals surface area contributed by atoms with Crippen molar-refractivity contribution in [2.24, 2.45) is 5.73 Å². The van der Waals surface area contributed by atoms with E-state index in [1.54, 1.807) is 22.6 Å². The molecule has 1 atom stereocenters. The maximum atomic E-state index is 13.9. The second-order valence-electron chi connectivity index (χ2n) is 6.74. The van der Waals surface area contributed by atoms with Gasteiger partial charge < -0.3 is 10.5 Å². The minimum atomic E-state index is -5.22. The second kappa shape index (κ2) is 8.79. The van der Waals surface area contributed by atoms with E-state index in [0.717, 1.165) is 4.68 Å². The number of hydrogen-bond acceptors (Lipinski definition) is 5. The molecule has 3 aromatic rings. The lowest BCUT2D eigenvalue weighted by atomic mass is 9.86. The second-order valence-corrected chi connectivity index (χ2v) is 7.81. The van der Waals surface area contributed by atoms with Crippen molar-refractivity contribution in [3.63, 3.8) is 0 Å². The Hall–Kier alpha value is -2.91. The Morgan fingerprint density at radius 1 is 1.12 bits per heavy atom. The van der Waals surface area contributed by atoms with Gasteiger partial charge in [0, 0.05) is 23.9 Å². The Kier molecular flexibility index (Phi) is 6.59. The summed E-state index contributed by atoms with van der Waals surface area (Å²) in [6, 6.07) is 1.77. The van der Waals surface area contributed by atoms with E-state index >= 15 is 0 Å². The minimum absolute atomic E-state index is 0.0194. The maximum Gasteiger partial charge on any atom is 0.416 e. The largest absolute Gasteiger partial charge is 0.479 e. The average molecular weight is 585 g/mol. The van der Waals surface area contributed by atoms with Crippen molar-refractivity contribution in [3.05, 3.63) is 62.1 Å². The summed E-state index contributed by atoms with van der Waals surface area (Å²) in [4.78, 5) is 20.1. The molecule has 0 spiro atoms. The molecular formula is C19H14F6IN5O2. The first-order chi connectivity index (χ1) is 15.3. The molecule has 33 heavy (non-hydrogen) atoms. The zero-order valence-electron chi connectivity index (χ0n) is 16.8. The van der Waals surface area contributed by atoms with Crippen LogP contribution in [0.3, 0.4) is 0 Å². The minimum Gasteiger partial charge on any atom is -0.479 e. The number of nitrogens with zero attached hydrogens (tertiary/aromatic N) is 4. The van der Waals surface area contributed by atoms with Gasteiger partial charge in [0.15, 0.2) is 0 Å². The molecule has 0 saturated heterocycles. The number of rotatable bonds is 5. The van der Waals surface area contributed by atoms with Crippen LogP contribution in [0.1, 0.15) is 45.6 Å². The van der Waals surface area contributed by atoms with Crippen LogP contribution in [0.2, 0.25) is 0 Å². The molecule has 0 radical (unpaired) electrons. The van der Waals surface area contributed by atoms with Crippen molar-refractivity contribution < 1.29 is 35.9 Å². The van der Waals surface area contributed by atoms with Crippen LogP contribution in [0.5, 0.6) is 5.88 Å². The number of carbonyl (C=O) groups excluding carboxylic acids is 1. The lowest BCUT2D eigenvalue weighted by Crippen LogP contribution is -2.24. The highest BCUT2D eigenvalue weighted by molar-refractivity contribution is 14.1. The van der Waals surface area contributed by atoms with Crippen molar-refractivity contribution in [1.82, 2.24) is 19.7 Å². The van der Waals surface area contributed by atoms with Crippen LogP contribution >= 0.6 is 22.6 Å². The number of aromatic nitrogens is 4. The third kappa shape index (κ3) is 4.74. The molecule has 0 saturated carbocycles. The molecule has 0 bridgehead atoms. The third-order valence-corrected chi connectivity index (χ3v) is 5.70. The number of carbonyl (C=O) groups is 1. The molecule has 2 N–H and O–H groups in total. The summed E-state index contributed by atoms with van der Waals surface area (Å²) >= 11 is 1.77. The first kappa shape index (κ1) is 24.7. The van der Waals surface area contributed by atoms with E-state index in [-0.39, 0.29) is 27.2 Å². The van der Waals surface area contributed by atoms with Crippen molar-refractivity contribution in [3.8, 4) is 11.8 Å². The van der Waals surface area contributed by atoms with Crippen molar-refractivity contribution in [1.29, 1.82) is 0 Å². The molecule has 1 amide bonds. The smallest absolute Gasteiger partial charge is 0.416 e. The van der Waals surface area contributed by atoms with Gasteiger partial charge >= 0.3 is 12.4 Å². The van der Waals surface area contributed by atoms with E-state index in [4.69, 9.17) is 10.5 Å². The predicted octanol–water partition coefficient (Wildman–Crippen LogP) is 4.56. The molecule has 2 aromatic heterocycles. The Morgan fingerprint density at radius 2 is 1.73 bits per heavy atom. The van der Waals surface area contributed by atoms with Crippen molar-refractivity contribution >= 4 is 28.5 Å². The van der Waals surface area contributed by atoms with Crippen molar-refractivity contribution in [2.45, 2.75) is 25.2 Å². The lowest BCUT2D eigenvalue weighted by Gasteiger charge is -2.23. The van der Waals surface area contributed by atoms with Gasteiger partial charge in [0.1, 0.15) is 0 Å². The number of primary amides is 1. The Morgan fingerprint density at radius 3 is 2.21 bits per heavy atom. The van der Waals surface area contributed by atoms with Gasteiger partial charge in [-0.2, -0.15) is 31.0 Å². The summed E-state index contributed by atoms with van der Waals surface area (Å²) in [6.45, 7) is 1.28. The highest BCUT2D eigenvalue weighted by atomic mass is 127. The normalized spacial score (nSPS) is 13.1. The molecule has 0 aliphatic rings. The SMILES string of the molecule is COc1nn(-c2ncccn2)c(C(C)c2c(C(N)=O)cc(C(F)(F)F)cc2C(F)(F)F)c1I. The number of hydrogen-bond donors (Lipinski definition) is 1. The van der Waals surface area contributed by atoms with E-state index in [9.17, 15) is 31.1 Å². The molecule has 1 aromatic carbocycles. The fourth-order valence-corrected chi connectivity index (χ4v) is 4.33. The lowest BCUT2D eigenvalue weighted by molar-refractivity contribution is -0.143. The van der Waals surface area contributed by atoms with Gasteiger partial charge in [0.2, 0.25) is 11.8 Å².